The maximum atomic E-state index is 12.8. The molecule has 0 atom stereocenters. The van der Waals surface area contributed by atoms with Crippen LogP contribution in [-0.2, 0) is 6.42 Å². The Labute approximate surface area is 121 Å². The molecule has 0 amide bonds. The van der Waals surface area contributed by atoms with Crippen molar-refractivity contribution in [2.24, 2.45) is 4.99 Å². The van der Waals surface area contributed by atoms with Gasteiger partial charge < -0.3 is 4.74 Å². The van der Waals surface area contributed by atoms with E-state index >= 15 is 0 Å². The number of ether oxygens (including phenoxy) is 1. The molecule has 0 fully saturated rings. The first-order valence-electron chi connectivity index (χ1n) is 6.48. The van der Waals surface area contributed by atoms with E-state index in [1.807, 2.05) is 24.4 Å². The Bertz CT molecular complexity index is 625. The van der Waals surface area contributed by atoms with Crippen molar-refractivity contribution in [3.63, 3.8) is 0 Å². The molecular weight excluding hydrogens is 273 g/mol. The van der Waals surface area contributed by atoms with Crippen molar-refractivity contribution in [3.05, 3.63) is 53.8 Å². The quantitative estimate of drug-likeness (QED) is 0.838. The Morgan fingerprint density at radius 3 is 2.85 bits per heavy atom. The maximum absolute atomic E-state index is 12.8. The molecule has 0 unspecified atom stereocenters. The highest BCUT2D eigenvalue weighted by Crippen LogP contribution is 2.35. The zero-order chi connectivity index (χ0) is 13.8. The van der Waals surface area contributed by atoms with Gasteiger partial charge in [0.1, 0.15) is 11.6 Å². The minimum atomic E-state index is -0.209. The van der Waals surface area contributed by atoms with Crippen LogP contribution in [0.3, 0.4) is 0 Å². The first-order chi connectivity index (χ1) is 9.81. The van der Waals surface area contributed by atoms with Gasteiger partial charge in [-0.05, 0) is 29.8 Å². The lowest BCUT2D eigenvalue weighted by Gasteiger charge is -2.11. The van der Waals surface area contributed by atoms with Crippen LogP contribution in [0.4, 0.5) is 10.1 Å². The number of nitrogens with zero attached hydrogens (tertiary/aromatic N) is 1. The van der Waals surface area contributed by atoms with Crippen LogP contribution in [-0.4, -0.2) is 18.6 Å². The van der Waals surface area contributed by atoms with Gasteiger partial charge in [-0.15, -0.1) is 11.8 Å². The fraction of sp³-hybridized carbons (Fsp3) is 0.188. The Morgan fingerprint density at radius 2 is 2.00 bits per heavy atom. The van der Waals surface area contributed by atoms with Crippen LogP contribution < -0.4 is 4.74 Å². The van der Waals surface area contributed by atoms with Crippen molar-refractivity contribution in [3.8, 4) is 5.75 Å². The van der Waals surface area contributed by atoms with Gasteiger partial charge in [0.15, 0.2) is 0 Å². The molecule has 1 aliphatic rings. The predicted molar refractivity (Wildman–Crippen MR) is 80.9 cm³/mol. The second-order valence-electron chi connectivity index (χ2n) is 4.48. The van der Waals surface area contributed by atoms with E-state index in [1.54, 1.807) is 23.9 Å². The lowest BCUT2D eigenvalue weighted by Crippen LogP contribution is -2.01. The molecule has 102 valence electrons. The third-order valence-electron chi connectivity index (χ3n) is 3.05. The van der Waals surface area contributed by atoms with Gasteiger partial charge in [0, 0.05) is 29.4 Å². The van der Waals surface area contributed by atoms with Crippen LogP contribution in [0.15, 0.2) is 52.4 Å². The maximum Gasteiger partial charge on any atom is 0.123 e. The van der Waals surface area contributed by atoms with Crippen LogP contribution in [0.5, 0.6) is 5.75 Å². The van der Waals surface area contributed by atoms with E-state index in [1.165, 1.54) is 17.0 Å². The zero-order valence-electron chi connectivity index (χ0n) is 10.9. The van der Waals surface area contributed by atoms with Crippen molar-refractivity contribution < 1.29 is 9.13 Å². The summed E-state index contributed by atoms with van der Waals surface area (Å²) >= 11 is 1.78. The number of hydrogen-bond donors (Lipinski definition) is 0. The fourth-order valence-corrected chi connectivity index (χ4v) is 2.76. The Morgan fingerprint density at radius 1 is 1.15 bits per heavy atom. The Balaban J connectivity index is 1.59. The molecule has 0 spiro atoms. The molecule has 2 aromatic carbocycles. The largest absolute Gasteiger partial charge is 0.493 e. The molecule has 2 aromatic rings. The highest BCUT2D eigenvalue weighted by atomic mass is 32.2. The van der Waals surface area contributed by atoms with Crippen molar-refractivity contribution in [1.82, 2.24) is 0 Å². The van der Waals surface area contributed by atoms with Gasteiger partial charge in [0.05, 0.1) is 12.3 Å². The number of rotatable bonds is 4. The molecule has 1 heterocycles. The van der Waals surface area contributed by atoms with Crippen molar-refractivity contribution >= 4 is 23.7 Å². The van der Waals surface area contributed by atoms with E-state index in [-0.39, 0.29) is 5.82 Å². The number of halogens is 1. The van der Waals surface area contributed by atoms with Crippen molar-refractivity contribution in [1.29, 1.82) is 0 Å². The molecule has 0 saturated carbocycles. The summed E-state index contributed by atoms with van der Waals surface area (Å²) in [5, 5.41) is 0. The van der Waals surface area contributed by atoms with E-state index in [0.717, 1.165) is 29.2 Å². The SMILES string of the molecule is Fc1ccc(CCOc2ccc3c(c2)N=CCS3)cc1. The predicted octanol–water partition coefficient (Wildman–Crippen LogP) is 4.26. The van der Waals surface area contributed by atoms with E-state index in [0.29, 0.717) is 6.61 Å². The van der Waals surface area contributed by atoms with E-state index in [4.69, 9.17) is 4.74 Å². The average Bonchev–Trinajstić information content (AvgIpc) is 2.49. The highest BCUT2D eigenvalue weighted by molar-refractivity contribution is 8.00. The van der Waals surface area contributed by atoms with Gasteiger partial charge >= 0.3 is 0 Å². The van der Waals surface area contributed by atoms with Gasteiger partial charge in [-0.3, -0.25) is 4.99 Å². The smallest absolute Gasteiger partial charge is 0.123 e. The summed E-state index contributed by atoms with van der Waals surface area (Å²) < 4.78 is 18.5. The molecule has 20 heavy (non-hydrogen) atoms. The van der Waals surface area contributed by atoms with Crippen LogP contribution in [0, 0.1) is 5.82 Å². The van der Waals surface area contributed by atoms with E-state index in [2.05, 4.69) is 4.99 Å². The molecule has 0 N–H and O–H groups in total. The number of benzene rings is 2. The monoisotopic (exact) mass is 287 g/mol. The molecular formula is C16H14FNOS. The van der Waals surface area contributed by atoms with Crippen LogP contribution in [0.25, 0.3) is 0 Å². The van der Waals surface area contributed by atoms with Gasteiger partial charge in [0.25, 0.3) is 0 Å². The second kappa shape index (κ2) is 6.09. The first-order valence-corrected chi connectivity index (χ1v) is 7.46. The molecule has 0 radical (unpaired) electrons. The van der Waals surface area contributed by atoms with Gasteiger partial charge in [0.2, 0.25) is 0 Å². The number of fused-ring (bicyclic) bond motifs is 1. The molecule has 4 heteroatoms. The topological polar surface area (TPSA) is 21.6 Å². The molecule has 1 aliphatic heterocycles. The first kappa shape index (κ1) is 13.2. The molecule has 0 bridgehead atoms. The highest BCUT2D eigenvalue weighted by Gasteiger charge is 2.07. The van der Waals surface area contributed by atoms with E-state index in [9.17, 15) is 4.39 Å². The second-order valence-corrected chi connectivity index (χ2v) is 5.54. The van der Waals surface area contributed by atoms with Crippen molar-refractivity contribution in [2.45, 2.75) is 11.3 Å². The van der Waals surface area contributed by atoms with Gasteiger partial charge in [-0.2, -0.15) is 0 Å². The number of thioether (sulfide) groups is 1. The van der Waals surface area contributed by atoms with Crippen LogP contribution >= 0.6 is 11.8 Å². The lowest BCUT2D eigenvalue weighted by atomic mass is 10.2. The lowest BCUT2D eigenvalue weighted by molar-refractivity contribution is 0.322. The summed E-state index contributed by atoms with van der Waals surface area (Å²) in [5.74, 6) is 1.54. The van der Waals surface area contributed by atoms with Crippen LogP contribution in [0.2, 0.25) is 0 Å². The summed E-state index contributed by atoms with van der Waals surface area (Å²) in [4.78, 5) is 5.56. The van der Waals surface area contributed by atoms with Gasteiger partial charge in [-0.25, -0.2) is 4.39 Å². The summed E-state index contributed by atoms with van der Waals surface area (Å²) in [5.41, 5.74) is 2.04. The minimum absolute atomic E-state index is 0.209. The normalized spacial score (nSPS) is 13.1. The molecule has 3 rings (SSSR count). The van der Waals surface area contributed by atoms with Gasteiger partial charge in [-0.1, -0.05) is 12.1 Å². The summed E-state index contributed by atoms with van der Waals surface area (Å²) in [6.45, 7) is 0.571. The molecule has 0 aromatic heterocycles. The Kier molecular flexibility index (Phi) is 4.02. The Hall–Kier alpha value is -1.81. The molecule has 0 aliphatic carbocycles. The number of aliphatic imine (C=N–C) groups is 1. The zero-order valence-corrected chi connectivity index (χ0v) is 11.7. The minimum Gasteiger partial charge on any atom is -0.493 e. The third-order valence-corrected chi connectivity index (χ3v) is 4.02. The van der Waals surface area contributed by atoms with Crippen LogP contribution in [0.1, 0.15) is 5.56 Å². The summed E-state index contributed by atoms with van der Waals surface area (Å²) in [7, 11) is 0. The van der Waals surface area contributed by atoms with E-state index < -0.39 is 0 Å². The molecule has 2 nitrogen and oxygen atoms in total. The van der Waals surface area contributed by atoms with Crippen molar-refractivity contribution in [2.75, 3.05) is 12.4 Å². The summed E-state index contributed by atoms with van der Waals surface area (Å²) in [6, 6.07) is 12.5. The number of hydrogen-bond acceptors (Lipinski definition) is 3. The fourth-order valence-electron chi connectivity index (χ4n) is 2.01. The third kappa shape index (κ3) is 3.20. The standard InChI is InChI=1S/C16H14FNOS/c17-13-3-1-12(2-4-13)7-9-19-14-5-6-16-15(11-14)18-8-10-20-16/h1-6,8,11H,7,9-10H2. The molecule has 0 saturated heterocycles. The summed E-state index contributed by atoms with van der Waals surface area (Å²) in [6.07, 6.45) is 2.67. The average molecular weight is 287 g/mol.